The molecule has 1 aromatic carbocycles. The van der Waals surface area contributed by atoms with Gasteiger partial charge in [0.05, 0.1) is 0 Å². The van der Waals surface area contributed by atoms with Gasteiger partial charge < -0.3 is 10.6 Å². The molecular formula is C20H33Cl2N3OS. The van der Waals surface area contributed by atoms with E-state index in [1.54, 1.807) is 0 Å². The zero-order valence-corrected chi connectivity index (χ0v) is 18.7. The second-order valence-corrected chi connectivity index (χ2v) is 8.81. The number of hydrogen-bond acceptors (Lipinski definition) is 4. The van der Waals surface area contributed by atoms with Crippen LogP contribution in [0.4, 0.5) is 0 Å². The van der Waals surface area contributed by atoms with Crippen LogP contribution < -0.4 is 10.6 Å². The zero-order valence-electron chi connectivity index (χ0n) is 16.2. The minimum Gasteiger partial charge on any atom is -0.353 e. The summed E-state index contributed by atoms with van der Waals surface area (Å²) in [6.07, 6.45) is 0.608. The Morgan fingerprint density at radius 3 is 2.44 bits per heavy atom. The van der Waals surface area contributed by atoms with Gasteiger partial charge in [0.15, 0.2) is 0 Å². The van der Waals surface area contributed by atoms with Crippen molar-refractivity contribution < 1.29 is 4.79 Å². The fourth-order valence-corrected chi connectivity index (χ4v) is 5.10. The number of carbonyl (C=O) groups excluding carboxylic acids is 1. The fraction of sp³-hybridized carbons (Fsp3) is 0.650. The largest absolute Gasteiger partial charge is 0.353 e. The smallest absolute Gasteiger partial charge is 0.221 e. The Balaban J connectivity index is 0.00000182. The highest BCUT2D eigenvalue weighted by Gasteiger charge is 2.33. The van der Waals surface area contributed by atoms with Crippen LogP contribution >= 0.6 is 36.6 Å². The Morgan fingerprint density at radius 2 is 1.85 bits per heavy atom. The summed E-state index contributed by atoms with van der Waals surface area (Å²) in [6.45, 7) is 8.65. The molecule has 7 heteroatoms. The average Bonchev–Trinajstić information content (AvgIpc) is 2.60. The van der Waals surface area contributed by atoms with Crippen LogP contribution in [0, 0.1) is 11.8 Å². The molecule has 2 saturated heterocycles. The van der Waals surface area contributed by atoms with Crippen molar-refractivity contribution in [2.45, 2.75) is 38.9 Å². The molecule has 27 heavy (non-hydrogen) atoms. The number of hydrogen-bond donors (Lipinski definition) is 2. The van der Waals surface area contributed by atoms with Gasteiger partial charge in [-0.15, -0.1) is 24.8 Å². The second-order valence-electron chi connectivity index (χ2n) is 7.66. The molecule has 0 aliphatic carbocycles. The van der Waals surface area contributed by atoms with Crippen LogP contribution in [0.25, 0.3) is 0 Å². The van der Waals surface area contributed by atoms with Gasteiger partial charge in [0, 0.05) is 56.2 Å². The third-order valence-corrected chi connectivity index (χ3v) is 6.46. The van der Waals surface area contributed by atoms with Crippen molar-refractivity contribution in [1.29, 1.82) is 0 Å². The topological polar surface area (TPSA) is 44.4 Å². The number of thioether (sulfide) groups is 1. The summed E-state index contributed by atoms with van der Waals surface area (Å²) in [5.74, 6) is 3.37. The lowest BCUT2D eigenvalue weighted by Crippen LogP contribution is -2.55. The van der Waals surface area contributed by atoms with E-state index in [0.717, 1.165) is 37.7 Å². The number of nitrogens with one attached hydrogen (secondary N) is 2. The van der Waals surface area contributed by atoms with E-state index in [9.17, 15) is 4.79 Å². The highest BCUT2D eigenvalue weighted by Crippen LogP contribution is 2.24. The summed E-state index contributed by atoms with van der Waals surface area (Å²) in [7, 11) is 0. The molecular weight excluding hydrogens is 401 g/mol. The van der Waals surface area contributed by atoms with Gasteiger partial charge in [0.1, 0.15) is 0 Å². The number of piperidine rings is 1. The molecule has 1 aromatic rings. The normalized spacial score (nSPS) is 28.5. The molecule has 2 N–H and O–H groups in total. The van der Waals surface area contributed by atoms with E-state index in [4.69, 9.17) is 0 Å². The van der Waals surface area contributed by atoms with Crippen LogP contribution in [0.2, 0.25) is 0 Å². The maximum Gasteiger partial charge on any atom is 0.221 e. The van der Waals surface area contributed by atoms with E-state index in [2.05, 4.69) is 59.7 Å². The number of benzene rings is 1. The highest BCUT2D eigenvalue weighted by molar-refractivity contribution is 7.99. The minimum absolute atomic E-state index is 0. The molecule has 2 aliphatic heterocycles. The minimum atomic E-state index is 0. The van der Waals surface area contributed by atoms with Gasteiger partial charge in [-0.3, -0.25) is 9.69 Å². The Labute approximate surface area is 180 Å². The molecule has 0 spiro atoms. The summed E-state index contributed by atoms with van der Waals surface area (Å²) in [4.78, 5) is 15.0. The van der Waals surface area contributed by atoms with E-state index in [1.807, 2.05) is 11.8 Å². The summed E-state index contributed by atoms with van der Waals surface area (Å²) >= 11 is 1.94. The maximum atomic E-state index is 12.5. The third kappa shape index (κ3) is 7.47. The maximum absolute atomic E-state index is 12.5. The molecule has 0 saturated carbocycles. The molecule has 3 atom stereocenters. The second kappa shape index (κ2) is 12.2. The van der Waals surface area contributed by atoms with E-state index < -0.39 is 0 Å². The van der Waals surface area contributed by atoms with Crippen LogP contribution in [0.1, 0.15) is 25.8 Å². The molecule has 3 rings (SSSR count). The first kappa shape index (κ1) is 24.6. The summed E-state index contributed by atoms with van der Waals surface area (Å²) in [5, 5.41) is 6.79. The first-order valence-electron chi connectivity index (χ1n) is 9.48. The van der Waals surface area contributed by atoms with E-state index in [0.29, 0.717) is 24.3 Å². The molecule has 0 aromatic heterocycles. The van der Waals surface area contributed by atoms with E-state index in [-0.39, 0.29) is 36.8 Å². The van der Waals surface area contributed by atoms with Crippen LogP contribution in [0.15, 0.2) is 30.3 Å². The van der Waals surface area contributed by atoms with Gasteiger partial charge in [0.25, 0.3) is 0 Å². The Kier molecular flexibility index (Phi) is 11.1. The van der Waals surface area contributed by atoms with Crippen molar-refractivity contribution in [3.63, 3.8) is 0 Å². The predicted molar refractivity (Wildman–Crippen MR) is 120 cm³/mol. The Hall–Kier alpha value is -0.460. The molecule has 0 bridgehead atoms. The predicted octanol–water partition coefficient (Wildman–Crippen LogP) is 3.20. The summed E-state index contributed by atoms with van der Waals surface area (Å²) in [6, 6.07) is 11.3. The van der Waals surface area contributed by atoms with Crippen molar-refractivity contribution >= 4 is 42.5 Å². The third-order valence-electron chi connectivity index (χ3n) is 5.33. The number of carbonyl (C=O) groups is 1. The van der Waals surface area contributed by atoms with E-state index >= 15 is 0 Å². The lowest BCUT2D eigenvalue weighted by atomic mass is 9.85. The zero-order chi connectivity index (χ0) is 17.6. The van der Waals surface area contributed by atoms with Gasteiger partial charge in [-0.05, 0) is 17.4 Å². The van der Waals surface area contributed by atoms with Gasteiger partial charge in [-0.2, -0.15) is 11.8 Å². The first-order chi connectivity index (χ1) is 12.1. The SMILES string of the molecule is CC1CN(Cc2ccccc2)CC(C)C1NC(=O)CC1CSCCN1.Cl.Cl. The van der Waals surface area contributed by atoms with Crippen LogP contribution in [0.3, 0.4) is 0 Å². The summed E-state index contributed by atoms with van der Waals surface area (Å²) < 4.78 is 0. The first-order valence-corrected chi connectivity index (χ1v) is 10.6. The molecule has 2 heterocycles. The number of likely N-dealkylation sites (tertiary alicyclic amines) is 1. The number of halogens is 2. The number of amides is 1. The lowest BCUT2D eigenvalue weighted by molar-refractivity contribution is -0.123. The molecule has 0 radical (unpaired) electrons. The quantitative estimate of drug-likeness (QED) is 0.747. The molecule has 1 amide bonds. The van der Waals surface area contributed by atoms with Crippen LogP contribution in [-0.2, 0) is 11.3 Å². The fourth-order valence-electron chi connectivity index (χ4n) is 4.15. The van der Waals surface area contributed by atoms with Crippen molar-refractivity contribution in [3.05, 3.63) is 35.9 Å². The monoisotopic (exact) mass is 433 g/mol. The van der Waals surface area contributed by atoms with Crippen molar-refractivity contribution in [3.8, 4) is 0 Å². The molecule has 4 nitrogen and oxygen atoms in total. The van der Waals surface area contributed by atoms with Crippen LogP contribution in [0.5, 0.6) is 0 Å². The molecule has 2 aliphatic rings. The average molecular weight is 434 g/mol. The molecule has 154 valence electrons. The van der Waals surface area contributed by atoms with Crippen molar-refractivity contribution in [1.82, 2.24) is 15.5 Å². The van der Waals surface area contributed by atoms with E-state index in [1.165, 1.54) is 5.56 Å². The number of nitrogens with zero attached hydrogens (tertiary/aromatic N) is 1. The highest BCUT2D eigenvalue weighted by atomic mass is 35.5. The lowest BCUT2D eigenvalue weighted by Gasteiger charge is -2.42. The molecule has 2 fully saturated rings. The molecule has 3 unspecified atom stereocenters. The summed E-state index contributed by atoms with van der Waals surface area (Å²) in [5.41, 5.74) is 1.37. The van der Waals surface area contributed by atoms with Crippen molar-refractivity contribution in [2.24, 2.45) is 11.8 Å². The van der Waals surface area contributed by atoms with Gasteiger partial charge in [-0.1, -0.05) is 44.2 Å². The standard InChI is InChI=1S/C20H31N3OS.2ClH/c1-15-11-23(13-17-6-4-3-5-7-17)12-16(2)20(15)22-19(24)10-18-14-25-9-8-21-18;;/h3-7,15-16,18,20-21H,8-14H2,1-2H3,(H,22,24);2*1H. The Bertz CT molecular complexity index is 545. The van der Waals surface area contributed by atoms with Crippen molar-refractivity contribution in [2.75, 3.05) is 31.1 Å². The van der Waals surface area contributed by atoms with Gasteiger partial charge in [-0.25, -0.2) is 0 Å². The van der Waals surface area contributed by atoms with Crippen LogP contribution in [-0.4, -0.2) is 54.0 Å². The Morgan fingerprint density at radius 1 is 1.19 bits per heavy atom. The van der Waals surface area contributed by atoms with Gasteiger partial charge >= 0.3 is 0 Å². The number of rotatable bonds is 5. The van der Waals surface area contributed by atoms with Gasteiger partial charge in [0.2, 0.25) is 5.91 Å².